The van der Waals surface area contributed by atoms with E-state index >= 15 is 0 Å². The van der Waals surface area contributed by atoms with Gasteiger partial charge in [-0.15, -0.1) is 0 Å². The predicted molar refractivity (Wildman–Crippen MR) is 116 cm³/mol. The molecule has 29 heavy (non-hydrogen) atoms. The van der Waals surface area contributed by atoms with E-state index in [2.05, 4.69) is 31.2 Å². The molecule has 2 aliphatic heterocycles. The van der Waals surface area contributed by atoms with E-state index in [1.54, 1.807) is 7.11 Å². The average molecular weight is 400 g/mol. The third-order valence-corrected chi connectivity index (χ3v) is 7.13. The first-order valence-electron chi connectivity index (χ1n) is 11.7. The lowest BCUT2D eigenvalue weighted by atomic mass is 9.83. The summed E-state index contributed by atoms with van der Waals surface area (Å²) in [6.45, 7) is 2.76. The van der Waals surface area contributed by atoms with Crippen molar-refractivity contribution in [1.29, 1.82) is 0 Å². The zero-order valence-electron chi connectivity index (χ0n) is 18.2. The molecular weight excluding hydrogens is 362 g/mol. The van der Waals surface area contributed by atoms with Crippen LogP contribution in [0.4, 0.5) is 0 Å². The van der Waals surface area contributed by atoms with Crippen molar-refractivity contribution in [3.8, 4) is 0 Å². The molecule has 0 N–H and O–H groups in total. The van der Waals surface area contributed by atoms with Gasteiger partial charge in [0.2, 0.25) is 5.90 Å². The van der Waals surface area contributed by atoms with Crippen LogP contribution in [0, 0.1) is 0 Å². The molecule has 2 fully saturated rings. The molecule has 4 heteroatoms. The monoisotopic (exact) mass is 399 g/mol. The maximum Gasteiger partial charge on any atom is 0.220 e. The van der Waals surface area contributed by atoms with Gasteiger partial charge in [-0.3, -0.25) is 0 Å². The third-order valence-electron chi connectivity index (χ3n) is 7.13. The Morgan fingerprint density at radius 3 is 2.10 bits per heavy atom. The minimum atomic E-state index is -0.382. The fourth-order valence-electron chi connectivity index (χ4n) is 5.28. The van der Waals surface area contributed by atoms with E-state index in [1.165, 1.54) is 57.8 Å². The smallest absolute Gasteiger partial charge is 0.220 e. The highest BCUT2D eigenvalue weighted by molar-refractivity contribution is 5.91. The number of methoxy groups -OCH3 is 1. The van der Waals surface area contributed by atoms with E-state index < -0.39 is 0 Å². The number of hydrogen-bond acceptors (Lipinski definition) is 4. The van der Waals surface area contributed by atoms with Crippen molar-refractivity contribution in [3.63, 3.8) is 0 Å². The molecule has 4 nitrogen and oxygen atoms in total. The Morgan fingerprint density at radius 2 is 1.52 bits per heavy atom. The highest BCUT2D eigenvalue weighted by Crippen LogP contribution is 2.57. The van der Waals surface area contributed by atoms with Crippen molar-refractivity contribution in [1.82, 2.24) is 0 Å². The maximum atomic E-state index is 6.53. The molecule has 3 aliphatic rings. The quantitative estimate of drug-likeness (QED) is 0.583. The fraction of sp³-hybridized carbons (Fsp3) is 0.720. The number of ether oxygens (including phenoxy) is 3. The summed E-state index contributed by atoms with van der Waals surface area (Å²) in [7, 11) is 1.74. The van der Waals surface area contributed by atoms with Crippen LogP contribution in [-0.2, 0) is 14.2 Å². The molecule has 4 rings (SSSR count). The van der Waals surface area contributed by atoms with Crippen LogP contribution >= 0.6 is 0 Å². The normalized spacial score (nSPS) is 32.7. The molecule has 1 saturated carbocycles. The van der Waals surface area contributed by atoms with Gasteiger partial charge in [0.05, 0.1) is 6.61 Å². The van der Waals surface area contributed by atoms with Crippen molar-refractivity contribution in [3.05, 3.63) is 35.9 Å². The van der Waals surface area contributed by atoms with Crippen LogP contribution in [0.15, 0.2) is 35.3 Å². The van der Waals surface area contributed by atoms with Crippen LogP contribution in [-0.4, -0.2) is 36.9 Å². The molecule has 160 valence electrons. The Labute approximate surface area is 176 Å². The molecule has 1 aromatic rings. The molecule has 1 spiro atoms. The predicted octanol–water partition coefficient (Wildman–Crippen LogP) is 6.00. The average Bonchev–Trinajstić information content (AvgIpc) is 3.09. The minimum absolute atomic E-state index is 0.0123. The molecule has 1 saturated heterocycles. The number of hydrogen-bond donors (Lipinski definition) is 0. The van der Waals surface area contributed by atoms with Gasteiger partial charge in [0, 0.05) is 7.11 Å². The van der Waals surface area contributed by atoms with Crippen LogP contribution in [0.5, 0.6) is 0 Å². The van der Waals surface area contributed by atoms with Crippen molar-refractivity contribution < 1.29 is 14.2 Å². The first-order valence-corrected chi connectivity index (χ1v) is 11.7. The van der Waals surface area contributed by atoms with Gasteiger partial charge >= 0.3 is 0 Å². The SMILES string of the molecule is COC[C@@H]1N=C(C2(C)OC23CCCCCCCCCCC3)O[C@H]1c1ccccc1. The van der Waals surface area contributed by atoms with Gasteiger partial charge < -0.3 is 14.2 Å². The number of benzene rings is 1. The number of rotatable bonds is 4. The first-order chi connectivity index (χ1) is 14.2. The number of aliphatic imine (C=N–C) groups is 1. The molecular formula is C25H37NO3. The standard InChI is InChI=1S/C25H37NO3/c1-24(25(29-24)17-13-8-6-4-3-5-7-9-14-18-25)23-26-21(19-27-2)22(28-23)20-15-11-10-12-16-20/h10-12,15-16,21-22H,3-9,13-14,17-19H2,1-2H3/t21-,22-,24?/m0/s1. The second-order valence-corrected chi connectivity index (χ2v) is 9.22. The van der Waals surface area contributed by atoms with E-state index in [-0.39, 0.29) is 23.3 Å². The van der Waals surface area contributed by atoms with Crippen molar-refractivity contribution in [2.75, 3.05) is 13.7 Å². The lowest BCUT2D eigenvalue weighted by Crippen LogP contribution is -2.32. The van der Waals surface area contributed by atoms with Gasteiger partial charge in [-0.1, -0.05) is 88.1 Å². The fourth-order valence-corrected chi connectivity index (χ4v) is 5.28. The molecule has 0 bridgehead atoms. The van der Waals surface area contributed by atoms with Gasteiger partial charge in [-0.05, 0) is 25.3 Å². The Balaban J connectivity index is 1.49. The van der Waals surface area contributed by atoms with E-state index in [9.17, 15) is 0 Å². The van der Waals surface area contributed by atoms with Crippen LogP contribution in [0.3, 0.4) is 0 Å². The lowest BCUT2D eigenvalue weighted by molar-refractivity contribution is 0.115. The first kappa shape index (κ1) is 20.9. The Morgan fingerprint density at radius 1 is 0.931 bits per heavy atom. The molecule has 1 unspecified atom stereocenters. The van der Waals surface area contributed by atoms with Gasteiger partial charge in [0.25, 0.3) is 0 Å². The minimum Gasteiger partial charge on any atom is -0.468 e. The van der Waals surface area contributed by atoms with E-state index in [0.29, 0.717) is 6.61 Å². The molecule has 2 heterocycles. The summed E-state index contributed by atoms with van der Waals surface area (Å²) >= 11 is 0. The zero-order valence-corrected chi connectivity index (χ0v) is 18.2. The topological polar surface area (TPSA) is 43.3 Å². The Kier molecular flexibility index (Phi) is 6.60. The molecule has 3 atom stereocenters. The summed E-state index contributed by atoms with van der Waals surface area (Å²) in [5, 5.41) is 0. The van der Waals surface area contributed by atoms with Gasteiger partial charge in [-0.25, -0.2) is 4.99 Å². The van der Waals surface area contributed by atoms with Crippen molar-refractivity contribution in [2.45, 2.75) is 101 Å². The number of nitrogens with zero attached hydrogens (tertiary/aromatic N) is 1. The van der Waals surface area contributed by atoms with Gasteiger partial charge in [0.1, 0.15) is 17.7 Å². The summed E-state index contributed by atoms with van der Waals surface area (Å²) in [5.74, 6) is 0.792. The van der Waals surface area contributed by atoms with Crippen molar-refractivity contribution in [2.24, 2.45) is 4.99 Å². The summed E-state index contributed by atoms with van der Waals surface area (Å²) in [5.41, 5.74) is 0.686. The second-order valence-electron chi connectivity index (χ2n) is 9.22. The zero-order chi connectivity index (χ0) is 20.2. The highest BCUT2D eigenvalue weighted by Gasteiger charge is 2.70. The summed E-state index contributed by atoms with van der Waals surface area (Å²) in [4.78, 5) is 4.99. The maximum absolute atomic E-state index is 6.53. The molecule has 0 radical (unpaired) electrons. The lowest BCUT2D eigenvalue weighted by Gasteiger charge is -2.20. The molecule has 1 aliphatic carbocycles. The Bertz CT molecular complexity index is 677. The van der Waals surface area contributed by atoms with Gasteiger partial charge in [-0.2, -0.15) is 0 Å². The largest absolute Gasteiger partial charge is 0.468 e. The summed E-state index contributed by atoms with van der Waals surface area (Å²) in [6.07, 6.45) is 14.2. The van der Waals surface area contributed by atoms with Crippen LogP contribution in [0.25, 0.3) is 0 Å². The van der Waals surface area contributed by atoms with Crippen LogP contribution in [0.2, 0.25) is 0 Å². The molecule has 0 amide bonds. The van der Waals surface area contributed by atoms with Crippen LogP contribution in [0.1, 0.15) is 89.2 Å². The van der Waals surface area contributed by atoms with Gasteiger partial charge in [0.15, 0.2) is 5.60 Å². The summed E-state index contributed by atoms with van der Waals surface area (Å²) in [6, 6.07) is 10.4. The Hall–Kier alpha value is -1.39. The second kappa shape index (κ2) is 9.18. The van der Waals surface area contributed by atoms with E-state index in [0.717, 1.165) is 24.3 Å². The van der Waals surface area contributed by atoms with E-state index in [1.807, 2.05) is 6.07 Å². The van der Waals surface area contributed by atoms with Crippen molar-refractivity contribution >= 4 is 5.90 Å². The van der Waals surface area contributed by atoms with Crippen LogP contribution < -0.4 is 0 Å². The highest BCUT2D eigenvalue weighted by atomic mass is 16.7. The molecule has 1 aromatic carbocycles. The summed E-state index contributed by atoms with van der Waals surface area (Å²) < 4.78 is 18.5. The van der Waals surface area contributed by atoms with E-state index in [4.69, 9.17) is 19.2 Å². The number of epoxide rings is 1. The third kappa shape index (κ3) is 4.39. The molecule has 0 aromatic heterocycles.